The van der Waals surface area contributed by atoms with Crippen LogP contribution in [0.25, 0.3) is 0 Å². The maximum Gasteiger partial charge on any atom is 0.00619 e. The van der Waals surface area contributed by atoms with Crippen LogP contribution in [0.4, 0.5) is 0 Å². The fourth-order valence-electron chi connectivity index (χ4n) is 1.60. The van der Waals surface area contributed by atoms with Crippen molar-refractivity contribution >= 4 is 0 Å². The van der Waals surface area contributed by atoms with Crippen molar-refractivity contribution < 1.29 is 0 Å². The van der Waals surface area contributed by atoms with Crippen molar-refractivity contribution in [2.75, 3.05) is 6.54 Å². The predicted molar refractivity (Wildman–Crippen MR) is 54.3 cm³/mol. The molecule has 1 fully saturated rings. The molecule has 1 aliphatic rings. The van der Waals surface area contributed by atoms with E-state index < -0.39 is 0 Å². The Morgan fingerprint density at radius 1 is 1.25 bits per heavy atom. The number of hydrogen-bond acceptors (Lipinski definition) is 1. The van der Waals surface area contributed by atoms with Crippen LogP contribution in [0.15, 0.2) is 0 Å². The van der Waals surface area contributed by atoms with E-state index in [0.29, 0.717) is 11.5 Å². The van der Waals surface area contributed by atoms with Gasteiger partial charge in [-0.2, -0.15) is 0 Å². The zero-order chi connectivity index (χ0) is 9.19. The average molecular weight is 169 g/mol. The lowest BCUT2D eigenvalue weighted by Gasteiger charge is -2.39. The second-order valence-electron chi connectivity index (χ2n) is 5.08. The van der Waals surface area contributed by atoms with Crippen molar-refractivity contribution in [1.82, 2.24) is 5.32 Å². The molecule has 72 valence electrons. The average Bonchev–Trinajstić information content (AvgIpc) is 1.96. The second kappa shape index (κ2) is 3.78. The summed E-state index contributed by atoms with van der Waals surface area (Å²) in [6.45, 7) is 10.5. The van der Waals surface area contributed by atoms with Gasteiger partial charge in [-0.1, -0.05) is 27.2 Å². The minimum atomic E-state index is 0.628. The van der Waals surface area contributed by atoms with E-state index in [-0.39, 0.29) is 0 Å². The van der Waals surface area contributed by atoms with E-state index in [0.717, 1.165) is 5.92 Å². The summed E-state index contributed by atoms with van der Waals surface area (Å²) >= 11 is 0. The lowest BCUT2D eigenvalue weighted by atomic mass is 9.70. The summed E-state index contributed by atoms with van der Waals surface area (Å²) in [7, 11) is 0. The lowest BCUT2D eigenvalue weighted by molar-refractivity contribution is 0.147. The number of hydrogen-bond donors (Lipinski definition) is 1. The van der Waals surface area contributed by atoms with Gasteiger partial charge in [0.1, 0.15) is 0 Å². The van der Waals surface area contributed by atoms with Gasteiger partial charge in [0, 0.05) is 12.6 Å². The van der Waals surface area contributed by atoms with Crippen LogP contribution >= 0.6 is 0 Å². The highest BCUT2D eigenvalue weighted by molar-refractivity contribution is 4.86. The molecule has 0 spiro atoms. The first-order valence-electron chi connectivity index (χ1n) is 5.27. The molecule has 0 aromatic heterocycles. The van der Waals surface area contributed by atoms with Crippen molar-refractivity contribution in [2.45, 2.75) is 53.0 Å². The van der Waals surface area contributed by atoms with E-state index in [1.807, 2.05) is 0 Å². The first-order chi connectivity index (χ1) is 5.53. The van der Waals surface area contributed by atoms with Gasteiger partial charge in [-0.15, -0.1) is 0 Å². The van der Waals surface area contributed by atoms with Gasteiger partial charge in [-0.3, -0.25) is 0 Å². The Bertz CT molecular complexity index is 136. The molecule has 1 rings (SSSR count). The topological polar surface area (TPSA) is 12.0 Å². The van der Waals surface area contributed by atoms with Crippen molar-refractivity contribution in [3.63, 3.8) is 0 Å². The van der Waals surface area contributed by atoms with Crippen molar-refractivity contribution in [1.29, 1.82) is 0 Å². The van der Waals surface area contributed by atoms with E-state index in [1.165, 1.54) is 25.8 Å². The smallest absolute Gasteiger partial charge is 0.00619 e. The molecule has 1 saturated carbocycles. The highest BCUT2D eigenvalue weighted by atomic mass is 14.9. The summed E-state index contributed by atoms with van der Waals surface area (Å²) in [6, 6.07) is 0.669. The molecule has 12 heavy (non-hydrogen) atoms. The molecule has 0 heterocycles. The third-order valence-corrected chi connectivity index (χ3v) is 3.41. The first kappa shape index (κ1) is 10.0. The molecule has 0 amide bonds. The van der Waals surface area contributed by atoms with Gasteiger partial charge in [-0.25, -0.2) is 0 Å². The Labute approximate surface area is 76.9 Å². The normalized spacial score (nSPS) is 23.8. The molecule has 1 heteroatoms. The third-order valence-electron chi connectivity index (χ3n) is 3.41. The van der Waals surface area contributed by atoms with Crippen molar-refractivity contribution in [3.05, 3.63) is 0 Å². The van der Waals surface area contributed by atoms with E-state index >= 15 is 0 Å². The molecule has 1 atom stereocenters. The summed E-state index contributed by atoms with van der Waals surface area (Å²) < 4.78 is 0. The second-order valence-corrected chi connectivity index (χ2v) is 5.08. The Kier molecular flexibility index (Phi) is 3.16. The van der Waals surface area contributed by atoms with Gasteiger partial charge in [0.25, 0.3) is 0 Å². The third kappa shape index (κ3) is 2.48. The number of rotatable bonds is 4. The number of nitrogens with one attached hydrogen (secondary N) is 1. The van der Waals surface area contributed by atoms with E-state index in [9.17, 15) is 0 Å². The Hall–Kier alpha value is -0.0400. The molecule has 1 N–H and O–H groups in total. The van der Waals surface area contributed by atoms with Crippen molar-refractivity contribution in [3.8, 4) is 0 Å². The van der Waals surface area contributed by atoms with Crippen LogP contribution in [0, 0.1) is 11.3 Å². The van der Waals surface area contributed by atoms with Crippen LogP contribution in [0.2, 0.25) is 0 Å². The molecule has 0 bridgehead atoms. The van der Waals surface area contributed by atoms with Gasteiger partial charge in [0.05, 0.1) is 0 Å². The molecular weight excluding hydrogens is 146 g/mol. The fourth-order valence-corrected chi connectivity index (χ4v) is 1.60. The van der Waals surface area contributed by atoms with Crippen LogP contribution in [0.5, 0.6) is 0 Å². The molecule has 0 aliphatic heterocycles. The molecule has 0 saturated heterocycles. The zero-order valence-electron chi connectivity index (χ0n) is 8.98. The standard InChI is InChI=1S/C11H23N/c1-9(2)10(3)12-8-11(4)6-5-7-11/h9-10,12H,5-8H2,1-4H3. The minimum absolute atomic E-state index is 0.628. The SMILES string of the molecule is CC(C)C(C)NCC1(C)CCC1. The van der Waals surface area contributed by atoms with Crippen molar-refractivity contribution in [2.24, 2.45) is 11.3 Å². The van der Waals surface area contributed by atoms with Crippen LogP contribution in [-0.2, 0) is 0 Å². The van der Waals surface area contributed by atoms with Crippen LogP contribution in [0.3, 0.4) is 0 Å². The van der Waals surface area contributed by atoms with E-state index in [2.05, 4.69) is 33.0 Å². The van der Waals surface area contributed by atoms with Crippen LogP contribution in [-0.4, -0.2) is 12.6 Å². The molecule has 0 aromatic carbocycles. The molecule has 1 nitrogen and oxygen atoms in total. The maximum atomic E-state index is 3.62. The molecule has 1 aliphatic carbocycles. The Morgan fingerprint density at radius 2 is 1.83 bits per heavy atom. The van der Waals surface area contributed by atoms with E-state index in [4.69, 9.17) is 0 Å². The molecule has 1 unspecified atom stereocenters. The minimum Gasteiger partial charge on any atom is -0.313 e. The van der Waals surface area contributed by atoms with Gasteiger partial charge in [0.2, 0.25) is 0 Å². The predicted octanol–water partition coefficient (Wildman–Crippen LogP) is 2.81. The van der Waals surface area contributed by atoms with Gasteiger partial charge in [-0.05, 0) is 31.1 Å². The quantitative estimate of drug-likeness (QED) is 0.682. The summed E-state index contributed by atoms with van der Waals surface area (Å²) in [5.41, 5.74) is 0.628. The summed E-state index contributed by atoms with van der Waals surface area (Å²) in [5.74, 6) is 0.758. The largest absolute Gasteiger partial charge is 0.313 e. The Morgan fingerprint density at radius 3 is 2.17 bits per heavy atom. The molecular formula is C11H23N. The van der Waals surface area contributed by atoms with Crippen LogP contribution in [0.1, 0.15) is 47.0 Å². The van der Waals surface area contributed by atoms with E-state index in [1.54, 1.807) is 0 Å². The summed E-state index contributed by atoms with van der Waals surface area (Å²) in [5, 5.41) is 3.62. The maximum absolute atomic E-state index is 3.62. The monoisotopic (exact) mass is 169 g/mol. The van der Waals surface area contributed by atoms with Gasteiger partial charge >= 0.3 is 0 Å². The molecule has 0 aromatic rings. The van der Waals surface area contributed by atoms with Gasteiger partial charge in [0.15, 0.2) is 0 Å². The fraction of sp³-hybridized carbons (Fsp3) is 1.00. The Balaban J connectivity index is 2.16. The summed E-state index contributed by atoms with van der Waals surface area (Å²) in [6.07, 6.45) is 4.28. The first-order valence-corrected chi connectivity index (χ1v) is 5.27. The summed E-state index contributed by atoms with van der Waals surface area (Å²) in [4.78, 5) is 0. The van der Waals surface area contributed by atoms with Gasteiger partial charge < -0.3 is 5.32 Å². The lowest BCUT2D eigenvalue weighted by Crippen LogP contribution is -2.42. The zero-order valence-corrected chi connectivity index (χ0v) is 8.98. The van der Waals surface area contributed by atoms with Crippen LogP contribution < -0.4 is 5.32 Å². The highest BCUT2D eigenvalue weighted by Gasteiger charge is 2.31. The molecule has 0 radical (unpaired) electrons. The highest BCUT2D eigenvalue weighted by Crippen LogP contribution is 2.39.